The third-order valence-electron chi connectivity index (χ3n) is 2.82. The second-order valence-corrected chi connectivity index (χ2v) is 3.94. The number of rotatable bonds is 1. The van der Waals surface area contributed by atoms with Crippen LogP contribution < -0.4 is 0 Å². The van der Waals surface area contributed by atoms with Crippen molar-refractivity contribution in [2.75, 3.05) is 0 Å². The Bertz CT molecular complexity index is 688. The lowest BCUT2D eigenvalue weighted by Crippen LogP contribution is -1.84. The molecule has 1 aromatic heterocycles. The van der Waals surface area contributed by atoms with E-state index < -0.39 is 5.82 Å². The average Bonchev–Trinajstić information content (AvgIpc) is 2.75. The van der Waals surface area contributed by atoms with E-state index in [1.807, 2.05) is 30.5 Å². The lowest BCUT2D eigenvalue weighted by atomic mass is 10.0. The number of phenols is 1. The third-order valence-corrected chi connectivity index (χ3v) is 2.82. The van der Waals surface area contributed by atoms with Crippen LogP contribution in [-0.4, -0.2) is 10.1 Å². The quantitative estimate of drug-likeness (QED) is 0.653. The molecule has 3 heteroatoms. The van der Waals surface area contributed by atoms with Gasteiger partial charge >= 0.3 is 0 Å². The van der Waals surface area contributed by atoms with Crippen molar-refractivity contribution in [3.8, 4) is 16.9 Å². The van der Waals surface area contributed by atoms with Gasteiger partial charge in [-0.15, -0.1) is 0 Å². The highest BCUT2D eigenvalue weighted by Crippen LogP contribution is 2.28. The summed E-state index contributed by atoms with van der Waals surface area (Å²) in [4.78, 5) is 3.09. The van der Waals surface area contributed by atoms with E-state index in [0.717, 1.165) is 22.5 Å². The highest BCUT2D eigenvalue weighted by atomic mass is 19.1. The van der Waals surface area contributed by atoms with E-state index in [-0.39, 0.29) is 5.75 Å². The molecule has 17 heavy (non-hydrogen) atoms. The van der Waals surface area contributed by atoms with Crippen molar-refractivity contribution in [2.45, 2.75) is 0 Å². The number of benzene rings is 2. The van der Waals surface area contributed by atoms with Gasteiger partial charge in [-0.1, -0.05) is 12.1 Å². The van der Waals surface area contributed by atoms with Gasteiger partial charge in [0.15, 0.2) is 0 Å². The van der Waals surface area contributed by atoms with Gasteiger partial charge in [0, 0.05) is 23.3 Å². The van der Waals surface area contributed by atoms with Crippen molar-refractivity contribution in [1.29, 1.82) is 0 Å². The van der Waals surface area contributed by atoms with E-state index in [1.54, 1.807) is 6.07 Å². The largest absolute Gasteiger partial charge is 0.508 e. The molecule has 2 aromatic carbocycles. The first kappa shape index (κ1) is 9.90. The molecule has 0 bridgehead atoms. The molecule has 0 aliphatic rings. The van der Waals surface area contributed by atoms with Crippen molar-refractivity contribution < 1.29 is 9.50 Å². The predicted molar refractivity (Wildman–Crippen MR) is 65.4 cm³/mol. The zero-order valence-electron chi connectivity index (χ0n) is 8.94. The fourth-order valence-electron chi connectivity index (χ4n) is 1.95. The van der Waals surface area contributed by atoms with E-state index in [2.05, 4.69) is 4.98 Å². The summed E-state index contributed by atoms with van der Waals surface area (Å²) in [6, 6.07) is 11.8. The minimum absolute atomic E-state index is 0.0628. The Morgan fingerprint density at radius 3 is 2.71 bits per heavy atom. The zero-order valence-corrected chi connectivity index (χ0v) is 8.94. The van der Waals surface area contributed by atoms with Crippen LogP contribution in [0, 0.1) is 5.82 Å². The number of aromatic hydroxyl groups is 1. The molecule has 0 saturated heterocycles. The number of nitrogens with one attached hydrogen (secondary N) is 1. The summed E-state index contributed by atoms with van der Waals surface area (Å²) in [5.41, 5.74) is 2.24. The Morgan fingerprint density at radius 2 is 1.88 bits per heavy atom. The summed E-state index contributed by atoms with van der Waals surface area (Å²) in [5, 5.41) is 10.3. The van der Waals surface area contributed by atoms with Gasteiger partial charge in [0.25, 0.3) is 0 Å². The number of phenolic OH excluding ortho intramolecular Hbond substituents is 1. The minimum Gasteiger partial charge on any atom is -0.508 e. The molecule has 0 saturated carbocycles. The summed E-state index contributed by atoms with van der Waals surface area (Å²) in [5.74, 6) is -0.483. The lowest BCUT2D eigenvalue weighted by molar-refractivity contribution is 0.469. The van der Waals surface area contributed by atoms with Gasteiger partial charge in [-0.05, 0) is 35.2 Å². The first-order valence-corrected chi connectivity index (χ1v) is 5.30. The second-order valence-electron chi connectivity index (χ2n) is 3.94. The van der Waals surface area contributed by atoms with E-state index in [0.29, 0.717) is 5.56 Å². The smallest absolute Gasteiger partial charge is 0.134 e. The van der Waals surface area contributed by atoms with Gasteiger partial charge in [0.1, 0.15) is 11.6 Å². The van der Waals surface area contributed by atoms with E-state index in [4.69, 9.17) is 0 Å². The highest BCUT2D eigenvalue weighted by Gasteiger charge is 2.06. The summed E-state index contributed by atoms with van der Waals surface area (Å²) in [6.45, 7) is 0. The van der Waals surface area contributed by atoms with Crippen molar-refractivity contribution >= 4 is 10.9 Å². The van der Waals surface area contributed by atoms with Crippen LogP contribution >= 0.6 is 0 Å². The van der Waals surface area contributed by atoms with Crippen LogP contribution in [0.15, 0.2) is 48.7 Å². The molecule has 0 aliphatic carbocycles. The Balaban J connectivity index is 2.19. The van der Waals surface area contributed by atoms with Crippen LogP contribution in [0.1, 0.15) is 0 Å². The van der Waals surface area contributed by atoms with Crippen LogP contribution in [0.25, 0.3) is 22.0 Å². The maximum absolute atomic E-state index is 13.7. The van der Waals surface area contributed by atoms with Crippen LogP contribution in [-0.2, 0) is 0 Å². The van der Waals surface area contributed by atoms with Crippen LogP contribution in [0.2, 0.25) is 0 Å². The van der Waals surface area contributed by atoms with E-state index >= 15 is 0 Å². The monoisotopic (exact) mass is 227 g/mol. The van der Waals surface area contributed by atoms with Crippen LogP contribution in [0.3, 0.4) is 0 Å². The SMILES string of the molecule is Oc1ccc(-c2ccc3cc[nH]c3c2)c(F)c1. The minimum atomic E-state index is -0.420. The Kier molecular flexibility index (Phi) is 2.11. The molecule has 0 amide bonds. The second kappa shape index (κ2) is 3.63. The van der Waals surface area contributed by atoms with Crippen molar-refractivity contribution in [3.05, 3.63) is 54.5 Å². The molecule has 2 N–H and O–H groups in total. The number of fused-ring (bicyclic) bond motifs is 1. The van der Waals surface area contributed by atoms with Gasteiger partial charge in [0.2, 0.25) is 0 Å². The summed E-state index contributed by atoms with van der Waals surface area (Å²) >= 11 is 0. The first-order valence-electron chi connectivity index (χ1n) is 5.30. The zero-order chi connectivity index (χ0) is 11.8. The number of hydrogen-bond acceptors (Lipinski definition) is 1. The normalized spacial score (nSPS) is 10.9. The maximum Gasteiger partial charge on any atom is 0.134 e. The molecular weight excluding hydrogens is 217 g/mol. The molecule has 3 rings (SSSR count). The highest BCUT2D eigenvalue weighted by molar-refractivity contribution is 5.84. The Morgan fingerprint density at radius 1 is 1.00 bits per heavy atom. The Labute approximate surface area is 97.3 Å². The van der Waals surface area contributed by atoms with Crippen LogP contribution in [0.5, 0.6) is 5.75 Å². The lowest BCUT2D eigenvalue weighted by Gasteiger charge is -2.04. The average molecular weight is 227 g/mol. The fourth-order valence-corrected chi connectivity index (χ4v) is 1.95. The van der Waals surface area contributed by atoms with Gasteiger partial charge in [-0.2, -0.15) is 0 Å². The van der Waals surface area contributed by atoms with E-state index in [9.17, 15) is 9.50 Å². The van der Waals surface area contributed by atoms with Gasteiger partial charge in [0.05, 0.1) is 0 Å². The fraction of sp³-hybridized carbons (Fsp3) is 0. The number of aromatic nitrogens is 1. The molecule has 0 aliphatic heterocycles. The van der Waals surface area contributed by atoms with Gasteiger partial charge < -0.3 is 10.1 Å². The topological polar surface area (TPSA) is 36.0 Å². The number of aromatic amines is 1. The van der Waals surface area contributed by atoms with Gasteiger partial charge in [-0.25, -0.2) is 4.39 Å². The van der Waals surface area contributed by atoms with Gasteiger partial charge in [-0.3, -0.25) is 0 Å². The van der Waals surface area contributed by atoms with Crippen molar-refractivity contribution in [3.63, 3.8) is 0 Å². The molecule has 2 nitrogen and oxygen atoms in total. The number of halogens is 1. The van der Waals surface area contributed by atoms with Crippen molar-refractivity contribution in [1.82, 2.24) is 4.98 Å². The molecule has 1 heterocycles. The van der Waals surface area contributed by atoms with Crippen molar-refractivity contribution in [2.24, 2.45) is 0 Å². The summed E-state index contributed by atoms with van der Waals surface area (Å²) < 4.78 is 13.7. The standard InChI is InChI=1S/C14H10FNO/c15-13-8-11(17)3-4-12(13)10-2-1-9-5-6-16-14(9)7-10/h1-8,16-17H. The third kappa shape index (κ3) is 1.65. The number of H-pyrrole nitrogens is 1. The maximum atomic E-state index is 13.7. The summed E-state index contributed by atoms with van der Waals surface area (Å²) in [7, 11) is 0. The summed E-state index contributed by atoms with van der Waals surface area (Å²) in [6.07, 6.45) is 1.85. The molecule has 0 atom stereocenters. The molecule has 0 fully saturated rings. The first-order chi connectivity index (χ1) is 8.24. The predicted octanol–water partition coefficient (Wildman–Crippen LogP) is 3.68. The van der Waals surface area contributed by atoms with E-state index in [1.165, 1.54) is 6.07 Å². The molecular formula is C14H10FNO. The molecule has 0 spiro atoms. The molecule has 84 valence electrons. The molecule has 0 unspecified atom stereocenters. The number of hydrogen-bond donors (Lipinski definition) is 2. The molecule has 3 aromatic rings. The molecule has 0 radical (unpaired) electrons. The van der Waals surface area contributed by atoms with Crippen LogP contribution in [0.4, 0.5) is 4.39 Å². The Hall–Kier alpha value is -2.29.